The standard InChI is InChI=1S/C21H21N5O4S/c1-14-4-2-6-18(20(22)27)19(14)26-31(29,30)17-9-7-16(8-10-17)25-21(28)24-13-15-5-3-11-23-12-15/h2-12,26H,13H2,1H3,(H2,22,27)(H2,24,25,28). The average molecular weight is 439 g/mol. The largest absolute Gasteiger partial charge is 0.366 e. The van der Waals surface area contributed by atoms with Crippen LogP contribution in [0.3, 0.4) is 0 Å². The van der Waals surface area contributed by atoms with Crippen LogP contribution in [0.5, 0.6) is 0 Å². The van der Waals surface area contributed by atoms with Gasteiger partial charge in [0.15, 0.2) is 0 Å². The van der Waals surface area contributed by atoms with E-state index in [2.05, 4.69) is 20.3 Å². The van der Waals surface area contributed by atoms with Crippen LogP contribution in [0.25, 0.3) is 0 Å². The van der Waals surface area contributed by atoms with Crippen molar-refractivity contribution in [1.82, 2.24) is 10.3 Å². The van der Waals surface area contributed by atoms with Crippen LogP contribution >= 0.6 is 0 Å². The second-order valence-electron chi connectivity index (χ2n) is 6.66. The Bertz CT molecular complexity index is 1200. The number of hydrogen-bond donors (Lipinski definition) is 4. The van der Waals surface area contributed by atoms with E-state index in [1.807, 2.05) is 6.07 Å². The summed E-state index contributed by atoms with van der Waals surface area (Å²) >= 11 is 0. The minimum absolute atomic E-state index is 0.0347. The van der Waals surface area contributed by atoms with Crippen molar-refractivity contribution < 1.29 is 18.0 Å². The normalized spacial score (nSPS) is 10.9. The van der Waals surface area contributed by atoms with Gasteiger partial charge in [0.1, 0.15) is 0 Å². The Hall–Kier alpha value is -3.92. The lowest BCUT2D eigenvalue weighted by Gasteiger charge is -2.14. The van der Waals surface area contributed by atoms with E-state index in [4.69, 9.17) is 5.73 Å². The molecule has 0 fully saturated rings. The zero-order chi connectivity index (χ0) is 22.4. The Morgan fingerprint density at radius 1 is 1.03 bits per heavy atom. The van der Waals surface area contributed by atoms with E-state index in [9.17, 15) is 18.0 Å². The van der Waals surface area contributed by atoms with Crippen LogP contribution in [0.4, 0.5) is 16.2 Å². The number of nitrogens with zero attached hydrogens (tertiary/aromatic N) is 1. The summed E-state index contributed by atoms with van der Waals surface area (Å²) in [4.78, 5) is 27.6. The third-order valence-corrected chi connectivity index (χ3v) is 5.74. The van der Waals surface area contributed by atoms with Crippen LogP contribution < -0.4 is 21.1 Å². The fourth-order valence-corrected chi connectivity index (χ4v) is 3.93. The highest BCUT2D eigenvalue weighted by Gasteiger charge is 2.19. The van der Waals surface area contributed by atoms with Gasteiger partial charge in [0.25, 0.3) is 15.9 Å². The average Bonchev–Trinajstić information content (AvgIpc) is 2.74. The maximum absolute atomic E-state index is 12.8. The molecule has 2 aromatic carbocycles. The van der Waals surface area contributed by atoms with Crippen LogP contribution in [-0.4, -0.2) is 25.3 Å². The number of benzene rings is 2. The van der Waals surface area contributed by atoms with Gasteiger partial charge in [0, 0.05) is 24.6 Å². The van der Waals surface area contributed by atoms with Gasteiger partial charge in [-0.15, -0.1) is 0 Å². The van der Waals surface area contributed by atoms with E-state index in [1.54, 1.807) is 37.5 Å². The van der Waals surface area contributed by atoms with Gasteiger partial charge in [0.05, 0.1) is 16.1 Å². The van der Waals surface area contributed by atoms with E-state index in [0.717, 1.165) is 5.56 Å². The maximum atomic E-state index is 12.8. The number of primary amides is 1. The Labute approximate surface area is 179 Å². The molecule has 1 heterocycles. The van der Waals surface area contributed by atoms with Gasteiger partial charge >= 0.3 is 6.03 Å². The molecule has 0 saturated carbocycles. The predicted octanol–water partition coefficient (Wildman–Crippen LogP) is 2.61. The SMILES string of the molecule is Cc1cccc(C(N)=O)c1NS(=O)(=O)c1ccc(NC(=O)NCc2cccnc2)cc1. The lowest BCUT2D eigenvalue weighted by Crippen LogP contribution is -2.28. The van der Waals surface area contributed by atoms with Crippen LogP contribution in [0, 0.1) is 6.92 Å². The fraction of sp³-hybridized carbons (Fsp3) is 0.0952. The molecule has 0 aliphatic carbocycles. The third kappa shape index (κ3) is 5.58. The molecule has 0 bridgehead atoms. The van der Waals surface area contributed by atoms with Gasteiger partial charge in [-0.1, -0.05) is 18.2 Å². The summed E-state index contributed by atoms with van der Waals surface area (Å²) in [6.07, 6.45) is 3.28. The smallest absolute Gasteiger partial charge is 0.319 e. The number of anilines is 2. The Morgan fingerprint density at radius 2 is 1.77 bits per heavy atom. The summed E-state index contributed by atoms with van der Waals surface area (Å²) in [5, 5.41) is 5.31. The zero-order valence-electron chi connectivity index (χ0n) is 16.6. The number of pyridine rings is 1. The first-order valence-electron chi connectivity index (χ1n) is 9.22. The molecule has 160 valence electrons. The number of nitrogens with two attached hydrogens (primary N) is 1. The zero-order valence-corrected chi connectivity index (χ0v) is 17.4. The number of aryl methyl sites for hydroxylation is 1. The Morgan fingerprint density at radius 3 is 2.42 bits per heavy atom. The molecular formula is C21H21N5O4S. The number of carbonyl (C=O) groups is 2. The molecule has 0 atom stereocenters. The maximum Gasteiger partial charge on any atom is 0.319 e. The molecule has 0 unspecified atom stereocenters. The van der Waals surface area contributed by atoms with E-state index < -0.39 is 22.0 Å². The minimum Gasteiger partial charge on any atom is -0.366 e. The quantitative estimate of drug-likeness (QED) is 0.447. The van der Waals surface area contributed by atoms with Crippen molar-refractivity contribution in [1.29, 1.82) is 0 Å². The Kier molecular flexibility index (Phi) is 6.51. The predicted molar refractivity (Wildman–Crippen MR) is 117 cm³/mol. The van der Waals surface area contributed by atoms with Gasteiger partial charge in [0.2, 0.25) is 0 Å². The van der Waals surface area contributed by atoms with Crippen LogP contribution in [-0.2, 0) is 16.6 Å². The second-order valence-corrected chi connectivity index (χ2v) is 8.34. The molecule has 31 heavy (non-hydrogen) atoms. The van der Waals surface area contributed by atoms with Crippen molar-refractivity contribution >= 4 is 33.3 Å². The number of hydrogen-bond acceptors (Lipinski definition) is 5. The Balaban J connectivity index is 1.68. The summed E-state index contributed by atoms with van der Waals surface area (Å²) in [5.41, 5.74) is 7.37. The van der Waals surface area contributed by atoms with Gasteiger partial charge in [-0.3, -0.25) is 14.5 Å². The number of rotatable bonds is 7. The van der Waals surface area contributed by atoms with Crippen LogP contribution in [0.15, 0.2) is 71.9 Å². The summed E-state index contributed by atoms with van der Waals surface area (Å²) in [5.74, 6) is -0.738. The first-order valence-corrected chi connectivity index (χ1v) is 10.7. The molecule has 0 radical (unpaired) electrons. The van der Waals surface area contributed by atoms with Crippen LogP contribution in [0.1, 0.15) is 21.5 Å². The number of nitrogens with one attached hydrogen (secondary N) is 3. The summed E-state index contributed by atoms with van der Waals surface area (Å²) in [7, 11) is -3.98. The van der Waals surface area contributed by atoms with E-state index in [0.29, 0.717) is 17.8 Å². The number of para-hydroxylation sites is 1. The number of aromatic nitrogens is 1. The highest BCUT2D eigenvalue weighted by atomic mass is 32.2. The number of sulfonamides is 1. The molecule has 3 aromatic rings. The fourth-order valence-electron chi connectivity index (χ4n) is 2.78. The highest BCUT2D eigenvalue weighted by Crippen LogP contribution is 2.24. The summed E-state index contributed by atoms with van der Waals surface area (Å²) < 4.78 is 27.9. The van der Waals surface area contributed by atoms with Crippen LogP contribution in [0.2, 0.25) is 0 Å². The van der Waals surface area contributed by atoms with E-state index in [-0.39, 0.29) is 16.1 Å². The van der Waals surface area contributed by atoms with Crippen molar-refractivity contribution in [3.63, 3.8) is 0 Å². The second kappa shape index (κ2) is 9.26. The van der Waals surface area contributed by atoms with Crippen molar-refractivity contribution in [2.24, 2.45) is 5.73 Å². The molecule has 3 amide bonds. The van der Waals surface area contributed by atoms with Gasteiger partial charge in [-0.2, -0.15) is 0 Å². The topological polar surface area (TPSA) is 143 Å². The van der Waals surface area contributed by atoms with Gasteiger partial charge in [-0.05, 0) is 54.4 Å². The summed E-state index contributed by atoms with van der Waals surface area (Å²) in [6.45, 7) is 1.97. The number of urea groups is 1. The number of amides is 3. The molecule has 3 rings (SSSR count). The molecular weight excluding hydrogens is 418 g/mol. The molecule has 0 aliphatic heterocycles. The molecule has 9 nitrogen and oxygen atoms in total. The molecule has 10 heteroatoms. The monoisotopic (exact) mass is 439 g/mol. The minimum atomic E-state index is -3.98. The lowest BCUT2D eigenvalue weighted by molar-refractivity contribution is 0.100. The first kappa shape index (κ1) is 21.8. The van der Waals surface area contributed by atoms with Crippen molar-refractivity contribution in [3.05, 3.63) is 83.7 Å². The van der Waals surface area contributed by atoms with E-state index in [1.165, 1.54) is 30.3 Å². The molecule has 0 spiro atoms. The molecule has 0 aliphatic rings. The molecule has 1 aromatic heterocycles. The van der Waals surface area contributed by atoms with Gasteiger partial charge < -0.3 is 16.4 Å². The van der Waals surface area contributed by atoms with Gasteiger partial charge in [-0.25, -0.2) is 13.2 Å². The lowest BCUT2D eigenvalue weighted by atomic mass is 10.1. The van der Waals surface area contributed by atoms with Crippen molar-refractivity contribution in [3.8, 4) is 0 Å². The summed E-state index contributed by atoms with van der Waals surface area (Å²) in [6, 6.07) is 13.5. The molecule has 0 saturated heterocycles. The molecule has 5 N–H and O–H groups in total. The number of carbonyl (C=O) groups excluding carboxylic acids is 2. The first-order chi connectivity index (χ1) is 14.8. The highest BCUT2D eigenvalue weighted by molar-refractivity contribution is 7.92. The van der Waals surface area contributed by atoms with E-state index >= 15 is 0 Å². The van der Waals surface area contributed by atoms with Crippen molar-refractivity contribution in [2.45, 2.75) is 18.4 Å². The third-order valence-electron chi connectivity index (χ3n) is 4.37. The van der Waals surface area contributed by atoms with Crippen molar-refractivity contribution in [2.75, 3.05) is 10.0 Å².